The summed E-state index contributed by atoms with van der Waals surface area (Å²) >= 11 is 4.17. The SMILES string of the molecule is CCC1SCCSC1C(NN)c1ccc(C(C)(C)C)cc1. The smallest absolute Gasteiger partial charge is 0.0589 e. The molecule has 0 spiro atoms. The highest BCUT2D eigenvalue weighted by Gasteiger charge is 2.32. The van der Waals surface area contributed by atoms with Gasteiger partial charge in [-0.1, -0.05) is 52.0 Å². The number of thioether (sulfide) groups is 2. The highest BCUT2D eigenvalue weighted by molar-refractivity contribution is 8.07. The van der Waals surface area contributed by atoms with Gasteiger partial charge in [0.1, 0.15) is 0 Å². The van der Waals surface area contributed by atoms with Gasteiger partial charge in [0.25, 0.3) is 0 Å². The van der Waals surface area contributed by atoms with Gasteiger partial charge in [-0.2, -0.15) is 23.5 Å². The summed E-state index contributed by atoms with van der Waals surface area (Å²) in [6, 6.07) is 9.24. The van der Waals surface area contributed by atoms with Gasteiger partial charge in [-0.25, -0.2) is 0 Å². The topological polar surface area (TPSA) is 38.0 Å². The van der Waals surface area contributed by atoms with Gasteiger partial charge in [0.2, 0.25) is 0 Å². The number of hydrogen-bond donors (Lipinski definition) is 2. The van der Waals surface area contributed by atoms with Crippen LogP contribution in [0.4, 0.5) is 0 Å². The summed E-state index contributed by atoms with van der Waals surface area (Å²) in [6.45, 7) is 9.04. The van der Waals surface area contributed by atoms with Crippen LogP contribution in [0.5, 0.6) is 0 Å². The summed E-state index contributed by atoms with van der Waals surface area (Å²) in [5.41, 5.74) is 5.96. The Bertz CT molecular complexity index is 439. The summed E-state index contributed by atoms with van der Waals surface area (Å²) in [6.07, 6.45) is 1.21. The molecule has 1 saturated heterocycles. The molecule has 0 bridgehead atoms. The van der Waals surface area contributed by atoms with Crippen molar-refractivity contribution in [3.8, 4) is 0 Å². The third-order valence-corrected chi connectivity index (χ3v) is 7.49. The maximum Gasteiger partial charge on any atom is 0.0589 e. The van der Waals surface area contributed by atoms with Crippen molar-refractivity contribution in [2.75, 3.05) is 11.5 Å². The van der Waals surface area contributed by atoms with Gasteiger partial charge in [-0.05, 0) is 23.0 Å². The summed E-state index contributed by atoms with van der Waals surface area (Å²) in [5.74, 6) is 8.39. The fourth-order valence-electron chi connectivity index (χ4n) is 2.82. The molecule has 1 heterocycles. The van der Waals surface area contributed by atoms with Crippen molar-refractivity contribution in [3.63, 3.8) is 0 Å². The van der Waals surface area contributed by atoms with Crippen LogP contribution in [0.3, 0.4) is 0 Å². The lowest BCUT2D eigenvalue weighted by atomic mass is 9.86. The van der Waals surface area contributed by atoms with E-state index < -0.39 is 0 Å². The molecule has 3 N–H and O–H groups in total. The molecule has 1 aliphatic rings. The van der Waals surface area contributed by atoms with E-state index in [0.717, 1.165) is 0 Å². The zero-order chi connectivity index (χ0) is 15.5. The van der Waals surface area contributed by atoms with Crippen LogP contribution in [-0.4, -0.2) is 22.0 Å². The molecule has 1 aromatic carbocycles. The summed E-state index contributed by atoms with van der Waals surface area (Å²) < 4.78 is 0. The molecule has 2 rings (SSSR count). The van der Waals surface area contributed by atoms with E-state index in [2.05, 4.69) is 80.9 Å². The third-order valence-electron chi connectivity index (χ3n) is 4.14. The van der Waals surface area contributed by atoms with Crippen molar-refractivity contribution in [2.24, 2.45) is 5.84 Å². The van der Waals surface area contributed by atoms with E-state index in [0.29, 0.717) is 10.5 Å². The van der Waals surface area contributed by atoms with Gasteiger partial charge in [-0.15, -0.1) is 0 Å². The molecule has 0 radical (unpaired) electrons. The lowest BCUT2D eigenvalue weighted by molar-refractivity contribution is 0.513. The summed E-state index contributed by atoms with van der Waals surface area (Å²) in [4.78, 5) is 0. The predicted octanol–water partition coefficient (Wildman–Crippen LogP) is 4.12. The third kappa shape index (κ3) is 4.19. The Balaban J connectivity index is 2.20. The fourth-order valence-corrected chi connectivity index (χ4v) is 6.05. The molecule has 0 aliphatic carbocycles. The van der Waals surface area contributed by atoms with Crippen LogP contribution in [0.15, 0.2) is 24.3 Å². The van der Waals surface area contributed by atoms with Crippen LogP contribution < -0.4 is 11.3 Å². The Morgan fingerprint density at radius 1 is 1.19 bits per heavy atom. The number of rotatable bonds is 4. The predicted molar refractivity (Wildman–Crippen MR) is 98.0 cm³/mol. The Hall–Kier alpha value is -0.160. The second-order valence-corrected chi connectivity index (χ2v) is 9.30. The van der Waals surface area contributed by atoms with Gasteiger partial charge in [-0.3, -0.25) is 11.3 Å². The van der Waals surface area contributed by atoms with E-state index in [-0.39, 0.29) is 11.5 Å². The van der Waals surface area contributed by atoms with Gasteiger partial charge < -0.3 is 0 Å². The van der Waals surface area contributed by atoms with E-state index in [4.69, 9.17) is 5.84 Å². The Morgan fingerprint density at radius 3 is 2.33 bits per heavy atom. The van der Waals surface area contributed by atoms with Crippen LogP contribution in [0.25, 0.3) is 0 Å². The standard InChI is InChI=1S/C17H28N2S2/c1-5-14-16(21-11-10-20-14)15(19-18)12-6-8-13(9-7-12)17(2,3)4/h6-9,14-16,19H,5,10-11,18H2,1-4H3. The van der Waals surface area contributed by atoms with Crippen molar-refractivity contribution < 1.29 is 0 Å². The molecule has 0 saturated carbocycles. The Kier molecular flexibility index (Phi) is 6.06. The van der Waals surface area contributed by atoms with Crippen LogP contribution in [0.1, 0.15) is 51.3 Å². The van der Waals surface area contributed by atoms with E-state index >= 15 is 0 Å². The number of nitrogens with one attached hydrogen (secondary N) is 1. The first-order valence-electron chi connectivity index (χ1n) is 7.77. The zero-order valence-corrected chi connectivity index (χ0v) is 15.2. The lowest BCUT2D eigenvalue weighted by Gasteiger charge is -2.36. The molecule has 1 fully saturated rings. The molecule has 0 aromatic heterocycles. The molecule has 2 nitrogen and oxygen atoms in total. The van der Waals surface area contributed by atoms with Crippen LogP contribution >= 0.6 is 23.5 Å². The number of hydrogen-bond acceptors (Lipinski definition) is 4. The number of benzene rings is 1. The molecule has 1 aliphatic heterocycles. The average molecular weight is 325 g/mol. The van der Waals surface area contributed by atoms with Crippen LogP contribution in [0.2, 0.25) is 0 Å². The number of hydrazine groups is 1. The van der Waals surface area contributed by atoms with E-state index in [9.17, 15) is 0 Å². The average Bonchev–Trinajstić information content (AvgIpc) is 2.48. The molecular weight excluding hydrogens is 296 g/mol. The highest BCUT2D eigenvalue weighted by atomic mass is 32.2. The summed E-state index contributed by atoms with van der Waals surface area (Å²) in [5, 5.41) is 1.24. The highest BCUT2D eigenvalue weighted by Crippen LogP contribution is 2.40. The quantitative estimate of drug-likeness (QED) is 0.645. The Labute approximate surface area is 138 Å². The lowest BCUT2D eigenvalue weighted by Crippen LogP contribution is -2.41. The number of nitrogens with two attached hydrogens (primary N) is 1. The first-order valence-corrected chi connectivity index (χ1v) is 9.87. The van der Waals surface area contributed by atoms with Crippen LogP contribution in [0, 0.1) is 0 Å². The van der Waals surface area contributed by atoms with Crippen molar-refractivity contribution in [1.82, 2.24) is 5.43 Å². The molecule has 4 heteroatoms. The first-order chi connectivity index (χ1) is 9.97. The minimum absolute atomic E-state index is 0.200. The summed E-state index contributed by atoms with van der Waals surface area (Å²) in [7, 11) is 0. The van der Waals surface area contributed by atoms with E-state index in [1.54, 1.807) is 0 Å². The van der Waals surface area contributed by atoms with Crippen molar-refractivity contribution in [3.05, 3.63) is 35.4 Å². The Morgan fingerprint density at radius 2 is 1.81 bits per heavy atom. The van der Waals surface area contributed by atoms with Crippen molar-refractivity contribution >= 4 is 23.5 Å². The van der Waals surface area contributed by atoms with Gasteiger partial charge in [0, 0.05) is 22.0 Å². The second-order valence-electron chi connectivity index (χ2n) is 6.67. The minimum Gasteiger partial charge on any atom is -0.271 e. The monoisotopic (exact) mass is 324 g/mol. The largest absolute Gasteiger partial charge is 0.271 e. The normalized spacial score (nSPS) is 24.8. The van der Waals surface area contributed by atoms with E-state index in [1.807, 2.05) is 0 Å². The maximum atomic E-state index is 5.90. The van der Waals surface area contributed by atoms with Crippen molar-refractivity contribution in [2.45, 2.75) is 56.1 Å². The van der Waals surface area contributed by atoms with Gasteiger partial charge in [0.05, 0.1) is 6.04 Å². The molecule has 0 amide bonds. The zero-order valence-electron chi connectivity index (χ0n) is 13.6. The van der Waals surface area contributed by atoms with Crippen LogP contribution in [-0.2, 0) is 5.41 Å². The fraction of sp³-hybridized carbons (Fsp3) is 0.647. The van der Waals surface area contributed by atoms with Crippen molar-refractivity contribution in [1.29, 1.82) is 0 Å². The molecule has 3 unspecified atom stereocenters. The minimum atomic E-state index is 0.200. The van der Waals surface area contributed by atoms with Gasteiger partial charge >= 0.3 is 0 Å². The second kappa shape index (κ2) is 7.40. The molecule has 1 aromatic rings. The molecule has 3 atom stereocenters. The molecular formula is C17H28N2S2. The maximum absolute atomic E-state index is 5.90. The van der Waals surface area contributed by atoms with E-state index in [1.165, 1.54) is 29.1 Å². The van der Waals surface area contributed by atoms with Gasteiger partial charge in [0.15, 0.2) is 0 Å². The molecule has 118 valence electrons. The molecule has 21 heavy (non-hydrogen) atoms. The first kappa shape index (κ1) is 17.2.